The monoisotopic (exact) mass is 658 g/mol. The second-order valence-electron chi connectivity index (χ2n) is 12.0. The van der Waals surface area contributed by atoms with Crippen LogP contribution in [0.5, 0.6) is 0 Å². The van der Waals surface area contributed by atoms with E-state index in [-0.39, 0.29) is 0 Å². The van der Waals surface area contributed by atoms with E-state index >= 15 is 0 Å². The van der Waals surface area contributed by atoms with Crippen molar-refractivity contribution in [2.24, 2.45) is 0 Å². The molecule has 0 atom stereocenters. The second-order valence-corrected chi connectivity index (χ2v) is 12.9. The smallest absolute Gasteiger partial charge is 0.0463 e. The van der Waals surface area contributed by atoms with E-state index < -0.39 is 0 Å². The molecule has 0 fully saturated rings. The Hall–Kier alpha value is -3.82. The Labute approximate surface area is 279 Å². The third kappa shape index (κ3) is 8.67. The molecule has 0 aliphatic heterocycles. The summed E-state index contributed by atoms with van der Waals surface area (Å²) < 4.78 is 1.08. The quantitative estimate of drug-likeness (QED) is 0.110. The number of hydrogen-bond donors (Lipinski definition) is 0. The van der Waals surface area contributed by atoms with Gasteiger partial charge in [-0.15, -0.1) is 0 Å². The van der Waals surface area contributed by atoms with E-state index in [1.54, 1.807) is 0 Å². The van der Waals surface area contributed by atoms with Crippen LogP contribution in [-0.2, 0) is 19.3 Å². The maximum atomic E-state index is 3.62. The fourth-order valence-corrected chi connectivity index (χ4v) is 6.08. The highest BCUT2D eigenvalue weighted by Crippen LogP contribution is 2.39. The maximum absolute atomic E-state index is 3.62. The van der Waals surface area contributed by atoms with Crippen molar-refractivity contribution < 1.29 is 0 Å². The Kier molecular flexibility index (Phi) is 11.9. The van der Waals surface area contributed by atoms with Crippen molar-refractivity contribution in [1.82, 2.24) is 0 Å². The SMILES string of the molecule is CCCCc1ccc(N(c2ccc(Br)cc2)c2ccc(N(c3ccc(CCCC)cc3)c3ccc(CCCC)cc3)cc2)cc1. The standard InChI is InChI=1S/C42H47BrN2/c1-4-7-10-33-13-21-37(22-14-33)44(38-23-15-34(16-24-38)11-8-5-2)41-29-31-42(32-30-41)45(40-27-19-36(43)20-28-40)39-25-17-35(18-26-39)12-9-6-3/h13-32H,4-12H2,1-3H3. The van der Waals surface area contributed by atoms with E-state index in [0.717, 1.165) is 46.5 Å². The van der Waals surface area contributed by atoms with Gasteiger partial charge in [-0.1, -0.05) is 92.4 Å². The molecule has 0 amide bonds. The van der Waals surface area contributed by atoms with Gasteiger partial charge in [0.2, 0.25) is 0 Å². The number of unbranched alkanes of at least 4 members (excludes halogenated alkanes) is 3. The van der Waals surface area contributed by atoms with Gasteiger partial charge in [-0.05, 0) is 140 Å². The molecule has 0 saturated carbocycles. The maximum Gasteiger partial charge on any atom is 0.0463 e. The van der Waals surface area contributed by atoms with Gasteiger partial charge in [-0.3, -0.25) is 0 Å². The Morgan fingerprint density at radius 1 is 0.356 bits per heavy atom. The topological polar surface area (TPSA) is 6.48 Å². The summed E-state index contributed by atoms with van der Waals surface area (Å²) in [5.41, 5.74) is 11.1. The lowest BCUT2D eigenvalue weighted by Crippen LogP contribution is -2.12. The predicted molar refractivity (Wildman–Crippen MR) is 199 cm³/mol. The average molecular weight is 660 g/mol. The molecule has 5 aromatic carbocycles. The molecule has 0 saturated heterocycles. The molecular formula is C42H47BrN2. The fraction of sp³-hybridized carbons (Fsp3) is 0.286. The molecular weight excluding hydrogens is 612 g/mol. The Morgan fingerprint density at radius 3 is 0.822 bits per heavy atom. The zero-order valence-corrected chi connectivity index (χ0v) is 28.8. The highest BCUT2D eigenvalue weighted by Gasteiger charge is 2.16. The van der Waals surface area contributed by atoms with Crippen LogP contribution in [0.2, 0.25) is 0 Å². The first kappa shape index (κ1) is 32.6. The van der Waals surface area contributed by atoms with E-state index in [4.69, 9.17) is 0 Å². The van der Waals surface area contributed by atoms with E-state index in [1.807, 2.05) is 0 Å². The van der Waals surface area contributed by atoms with E-state index in [9.17, 15) is 0 Å². The van der Waals surface area contributed by atoms with Crippen LogP contribution in [0.4, 0.5) is 34.1 Å². The number of rotatable bonds is 15. The lowest BCUT2D eigenvalue weighted by molar-refractivity contribution is 0.795. The molecule has 232 valence electrons. The fourth-order valence-electron chi connectivity index (χ4n) is 5.81. The number of benzene rings is 5. The minimum Gasteiger partial charge on any atom is -0.311 e. The third-order valence-electron chi connectivity index (χ3n) is 8.49. The van der Waals surface area contributed by atoms with Crippen LogP contribution >= 0.6 is 15.9 Å². The highest BCUT2D eigenvalue weighted by molar-refractivity contribution is 9.10. The summed E-state index contributed by atoms with van der Waals surface area (Å²) in [7, 11) is 0. The Bertz CT molecular complexity index is 1520. The first-order valence-corrected chi connectivity index (χ1v) is 17.6. The lowest BCUT2D eigenvalue weighted by Gasteiger charge is -2.28. The second kappa shape index (κ2) is 16.5. The van der Waals surface area contributed by atoms with Gasteiger partial charge < -0.3 is 9.80 Å². The van der Waals surface area contributed by atoms with Gasteiger partial charge in [-0.25, -0.2) is 0 Å². The molecule has 5 rings (SSSR count). The van der Waals surface area contributed by atoms with Crippen LogP contribution in [-0.4, -0.2) is 0 Å². The van der Waals surface area contributed by atoms with Crippen molar-refractivity contribution in [3.05, 3.63) is 142 Å². The zero-order valence-electron chi connectivity index (χ0n) is 27.2. The molecule has 5 aromatic rings. The van der Waals surface area contributed by atoms with Gasteiger partial charge in [0.25, 0.3) is 0 Å². The van der Waals surface area contributed by atoms with Gasteiger partial charge in [0.1, 0.15) is 0 Å². The minimum atomic E-state index is 1.08. The number of nitrogens with zero attached hydrogens (tertiary/aromatic N) is 2. The van der Waals surface area contributed by atoms with Crippen LogP contribution in [0.1, 0.15) is 76.0 Å². The van der Waals surface area contributed by atoms with Crippen molar-refractivity contribution >= 4 is 50.1 Å². The summed E-state index contributed by atoms with van der Waals surface area (Å²) >= 11 is 3.62. The predicted octanol–water partition coefficient (Wildman–Crippen LogP) is 13.4. The molecule has 0 N–H and O–H groups in total. The summed E-state index contributed by atoms with van der Waals surface area (Å²) in [6.07, 6.45) is 10.7. The molecule has 0 aliphatic carbocycles. The summed E-state index contributed by atoms with van der Waals surface area (Å²) in [4.78, 5) is 4.72. The minimum absolute atomic E-state index is 1.08. The van der Waals surface area contributed by atoms with E-state index in [1.165, 1.54) is 66.6 Å². The third-order valence-corrected chi connectivity index (χ3v) is 9.02. The number of halogens is 1. The van der Waals surface area contributed by atoms with Crippen molar-refractivity contribution in [3.8, 4) is 0 Å². The molecule has 0 heterocycles. The van der Waals surface area contributed by atoms with Gasteiger partial charge >= 0.3 is 0 Å². The molecule has 0 radical (unpaired) electrons. The summed E-state index contributed by atoms with van der Waals surface area (Å²) in [6, 6.07) is 44.9. The van der Waals surface area contributed by atoms with Crippen molar-refractivity contribution in [2.75, 3.05) is 9.80 Å². The molecule has 2 nitrogen and oxygen atoms in total. The van der Waals surface area contributed by atoms with Gasteiger partial charge in [0, 0.05) is 38.6 Å². The van der Waals surface area contributed by atoms with Gasteiger partial charge in [-0.2, -0.15) is 0 Å². The summed E-state index contributed by atoms with van der Waals surface area (Å²) in [5, 5.41) is 0. The normalized spacial score (nSPS) is 11.0. The van der Waals surface area contributed by atoms with Gasteiger partial charge in [0.15, 0.2) is 0 Å². The molecule has 0 aromatic heterocycles. The van der Waals surface area contributed by atoms with E-state index in [2.05, 4.69) is 168 Å². The molecule has 45 heavy (non-hydrogen) atoms. The zero-order chi connectivity index (χ0) is 31.4. The van der Waals surface area contributed by atoms with E-state index in [0.29, 0.717) is 0 Å². The molecule has 3 heteroatoms. The number of hydrogen-bond acceptors (Lipinski definition) is 2. The van der Waals surface area contributed by atoms with Crippen LogP contribution in [0.3, 0.4) is 0 Å². The number of aryl methyl sites for hydroxylation is 3. The molecule has 0 aliphatic rings. The largest absolute Gasteiger partial charge is 0.311 e. The van der Waals surface area contributed by atoms with Gasteiger partial charge in [0.05, 0.1) is 0 Å². The van der Waals surface area contributed by atoms with Crippen LogP contribution in [0.25, 0.3) is 0 Å². The first-order chi connectivity index (χ1) is 22.1. The average Bonchev–Trinajstić information content (AvgIpc) is 3.09. The summed E-state index contributed by atoms with van der Waals surface area (Å²) in [5.74, 6) is 0. The highest BCUT2D eigenvalue weighted by atomic mass is 79.9. The molecule has 0 unspecified atom stereocenters. The van der Waals surface area contributed by atoms with Crippen LogP contribution in [0, 0.1) is 0 Å². The van der Waals surface area contributed by atoms with Crippen LogP contribution in [0.15, 0.2) is 126 Å². The van der Waals surface area contributed by atoms with Crippen molar-refractivity contribution in [2.45, 2.75) is 78.6 Å². The van der Waals surface area contributed by atoms with Crippen LogP contribution < -0.4 is 9.80 Å². The van der Waals surface area contributed by atoms with Crippen molar-refractivity contribution in [3.63, 3.8) is 0 Å². The lowest BCUT2D eigenvalue weighted by atomic mass is 10.1. The Balaban J connectivity index is 1.50. The first-order valence-electron chi connectivity index (χ1n) is 16.8. The molecule has 0 bridgehead atoms. The molecule has 0 spiro atoms. The van der Waals surface area contributed by atoms with Crippen molar-refractivity contribution in [1.29, 1.82) is 0 Å². The summed E-state index contributed by atoms with van der Waals surface area (Å²) in [6.45, 7) is 6.76. The Morgan fingerprint density at radius 2 is 0.578 bits per heavy atom. The number of anilines is 6.